The Labute approximate surface area is 129 Å². The van der Waals surface area contributed by atoms with E-state index < -0.39 is 5.97 Å². The molecule has 0 heterocycles. The van der Waals surface area contributed by atoms with Gasteiger partial charge in [-0.3, -0.25) is 0 Å². The summed E-state index contributed by atoms with van der Waals surface area (Å²) in [4.78, 5) is 12.4. The van der Waals surface area contributed by atoms with E-state index in [-0.39, 0.29) is 10.6 Å². The van der Waals surface area contributed by atoms with E-state index in [9.17, 15) is 4.79 Å². The third kappa shape index (κ3) is 3.26. The fraction of sp³-hybridized carbons (Fsp3) is 0. The molecule has 0 radical (unpaired) electrons. The molecule has 0 aliphatic rings. The molecule has 0 saturated heterocycles. The van der Waals surface area contributed by atoms with Gasteiger partial charge in [0.25, 0.3) is 0 Å². The normalized spacial score (nSPS) is 10.1. The van der Waals surface area contributed by atoms with Crippen molar-refractivity contribution in [3.8, 4) is 6.07 Å². The van der Waals surface area contributed by atoms with Crippen LogP contribution in [0.5, 0.6) is 0 Å². The number of carbonyl (C=O) groups is 1. The van der Waals surface area contributed by atoms with Gasteiger partial charge in [-0.1, -0.05) is 35.0 Å². The quantitative estimate of drug-likeness (QED) is 0.888. The molecule has 0 aliphatic carbocycles. The fourth-order valence-corrected chi connectivity index (χ4v) is 2.83. The van der Waals surface area contributed by atoms with Gasteiger partial charge in [-0.25, -0.2) is 4.79 Å². The van der Waals surface area contributed by atoms with Crippen LogP contribution < -0.4 is 0 Å². The Morgan fingerprint density at radius 1 is 1.20 bits per heavy atom. The lowest BCUT2D eigenvalue weighted by molar-refractivity contribution is 0.0697. The molecule has 0 amide bonds. The summed E-state index contributed by atoms with van der Waals surface area (Å²) in [6.07, 6.45) is 0. The molecule has 0 unspecified atom stereocenters. The van der Waals surface area contributed by atoms with E-state index >= 15 is 0 Å². The number of aromatic carboxylic acids is 1. The average Bonchev–Trinajstić information content (AvgIpc) is 2.42. The monoisotopic (exact) mass is 323 g/mol. The first-order chi connectivity index (χ1) is 9.51. The molecule has 20 heavy (non-hydrogen) atoms. The van der Waals surface area contributed by atoms with Crippen molar-refractivity contribution in [2.24, 2.45) is 0 Å². The molecule has 0 saturated carbocycles. The highest BCUT2D eigenvalue weighted by molar-refractivity contribution is 7.99. The van der Waals surface area contributed by atoms with E-state index in [1.54, 1.807) is 24.3 Å². The largest absolute Gasteiger partial charge is 0.478 e. The molecular weight excluding hydrogens is 317 g/mol. The number of halogens is 2. The summed E-state index contributed by atoms with van der Waals surface area (Å²) in [7, 11) is 0. The van der Waals surface area contributed by atoms with Crippen LogP contribution in [0.25, 0.3) is 0 Å². The van der Waals surface area contributed by atoms with Crippen LogP contribution in [0.2, 0.25) is 10.0 Å². The maximum Gasteiger partial charge on any atom is 0.337 e. The first kappa shape index (κ1) is 14.7. The van der Waals surface area contributed by atoms with Crippen LogP contribution in [0.15, 0.2) is 46.2 Å². The first-order valence-electron chi connectivity index (χ1n) is 5.41. The summed E-state index contributed by atoms with van der Waals surface area (Å²) in [6.45, 7) is 0. The first-order valence-corrected chi connectivity index (χ1v) is 6.99. The summed E-state index contributed by atoms with van der Waals surface area (Å²) in [5.74, 6) is -1.09. The summed E-state index contributed by atoms with van der Waals surface area (Å²) in [5.41, 5.74) is 0.471. The van der Waals surface area contributed by atoms with E-state index in [1.807, 2.05) is 0 Å². The van der Waals surface area contributed by atoms with Gasteiger partial charge in [0.15, 0.2) is 0 Å². The molecular formula is C14H7Cl2NO2S. The third-order valence-electron chi connectivity index (χ3n) is 2.46. The highest BCUT2D eigenvalue weighted by Crippen LogP contribution is 2.33. The molecule has 0 fully saturated rings. The van der Waals surface area contributed by atoms with Crippen molar-refractivity contribution in [1.29, 1.82) is 5.26 Å². The molecule has 0 bridgehead atoms. The van der Waals surface area contributed by atoms with Crippen molar-refractivity contribution in [1.82, 2.24) is 0 Å². The highest BCUT2D eigenvalue weighted by Gasteiger charge is 2.11. The molecule has 1 N–H and O–H groups in total. The van der Waals surface area contributed by atoms with E-state index in [4.69, 9.17) is 33.6 Å². The second-order valence-electron chi connectivity index (χ2n) is 3.80. The van der Waals surface area contributed by atoms with Gasteiger partial charge in [0.1, 0.15) is 6.07 Å². The van der Waals surface area contributed by atoms with Gasteiger partial charge in [0, 0.05) is 14.8 Å². The summed E-state index contributed by atoms with van der Waals surface area (Å²) in [5, 5.41) is 18.8. The Kier molecular flexibility index (Phi) is 4.56. The van der Waals surface area contributed by atoms with E-state index in [0.29, 0.717) is 20.4 Å². The van der Waals surface area contributed by atoms with Crippen molar-refractivity contribution in [2.45, 2.75) is 9.79 Å². The van der Waals surface area contributed by atoms with Crippen LogP contribution >= 0.6 is 35.0 Å². The SMILES string of the molecule is N#Cc1cc(Cl)ccc1Sc1ccc(Cl)c(C(=O)O)c1. The zero-order chi connectivity index (χ0) is 14.7. The average molecular weight is 324 g/mol. The molecule has 0 atom stereocenters. The maximum atomic E-state index is 11.0. The van der Waals surface area contributed by atoms with Gasteiger partial charge in [0.05, 0.1) is 16.1 Å². The van der Waals surface area contributed by atoms with Crippen molar-refractivity contribution in [2.75, 3.05) is 0 Å². The third-order valence-corrected chi connectivity index (χ3v) is 4.09. The number of hydrogen-bond acceptors (Lipinski definition) is 3. The summed E-state index contributed by atoms with van der Waals surface area (Å²) in [6, 6.07) is 11.7. The van der Waals surface area contributed by atoms with Gasteiger partial charge in [-0.2, -0.15) is 5.26 Å². The Hall–Kier alpha value is -1.67. The topological polar surface area (TPSA) is 61.1 Å². The van der Waals surface area contributed by atoms with Crippen LogP contribution in [0.1, 0.15) is 15.9 Å². The highest BCUT2D eigenvalue weighted by atomic mass is 35.5. The Balaban J connectivity index is 2.38. The summed E-state index contributed by atoms with van der Waals surface area (Å²) >= 11 is 12.9. The second kappa shape index (κ2) is 6.19. The minimum atomic E-state index is -1.09. The number of nitrogens with zero attached hydrogens (tertiary/aromatic N) is 1. The molecule has 0 aliphatic heterocycles. The van der Waals surface area contributed by atoms with Gasteiger partial charge >= 0.3 is 5.97 Å². The Bertz CT molecular complexity index is 726. The number of rotatable bonds is 3. The zero-order valence-corrected chi connectivity index (χ0v) is 12.3. The summed E-state index contributed by atoms with van der Waals surface area (Å²) < 4.78 is 0. The number of carboxylic acids is 1. The lowest BCUT2D eigenvalue weighted by Crippen LogP contribution is -1.97. The number of hydrogen-bond donors (Lipinski definition) is 1. The maximum absolute atomic E-state index is 11.0. The molecule has 0 aromatic heterocycles. The van der Waals surface area contributed by atoms with Gasteiger partial charge in [-0.15, -0.1) is 0 Å². The predicted octanol–water partition coefficient (Wildman–Crippen LogP) is 4.71. The van der Waals surface area contributed by atoms with Crippen molar-refractivity contribution in [3.05, 3.63) is 57.6 Å². The Morgan fingerprint density at radius 3 is 2.60 bits per heavy atom. The minimum absolute atomic E-state index is 0.0316. The smallest absolute Gasteiger partial charge is 0.337 e. The van der Waals surface area contributed by atoms with Crippen molar-refractivity contribution >= 4 is 40.9 Å². The number of carboxylic acid groups (broad SMARTS) is 1. The van der Waals surface area contributed by atoms with Crippen LogP contribution in [0, 0.1) is 11.3 Å². The standard InChI is InChI=1S/C14H7Cl2NO2S/c15-9-1-4-13(8(5-9)7-17)20-10-2-3-12(16)11(6-10)14(18)19/h1-6H,(H,18,19). The van der Waals surface area contributed by atoms with Gasteiger partial charge in [0.2, 0.25) is 0 Å². The van der Waals surface area contributed by atoms with Crippen LogP contribution in [0.3, 0.4) is 0 Å². The lowest BCUT2D eigenvalue weighted by Gasteiger charge is -2.06. The van der Waals surface area contributed by atoms with E-state index in [2.05, 4.69) is 6.07 Å². The molecule has 2 aromatic carbocycles. The van der Waals surface area contributed by atoms with Gasteiger partial charge in [-0.05, 0) is 36.4 Å². The number of nitriles is 1. The fourth-order valence-electron chi connectivity index (χ4n) is 1.54. The number of benzene rings is 2. The van der Waals surface area contributed by atoms with E-state index in [1.165, 1.54) is 23.9 Å². The molecule has 6 heteroatoms. The van der Waals surface area contributed by atoms with Crippen LogP contribution in [-0.2, 0) is 0 Å². The van der Waals surface area contributed by atoms with Crippen LogP contribution in [0.4, 0.5) is 0 Å². The molecule has 2 aromatic rings. The van der Waals surface area contributed by atoms with E-state index in [0.717, 1.165) is 0 Å². The molecule has 0 spiro atoms. The van der Waals surface area contributed by atoms with Crippen LogP contribution in [-0.4, -0.2) is 11.1 Å². The molecule has 100 valence electrons. The second-order valence-corrected chi connectivity index (χ2v) is 5.76. The predicted molar refractivity (Wildman–Crippen MR) is 78.7 cm³/mol. The van der Waals surface area contributed by atoms with Crippen molar-refractivity contribution in [3.63, 3.8) is 0 Å². The minimum Gasteiger partial charge on any atom is -0.478 e. The Morgan fingerprint density at radius 2 is 1.95 bits per heavy atom. The molecule has 3 nitrogen and oxygen atoms in total. The van der Waals surface area contributed by atoms with Gasteiger partial charge < -0.3 is 5.11 Å². The van der Waals surface area contributed by atoms with Crippen molar-refractivity contribution < 1.29 is 9.90 Å². The zero-order valence-electron chi connectivity index (χ0n) is 9.93. The molecule has 2 rings (SSSR count). The lowest BCUT2D eigenvalue weighted by atomic mass is 10.2.